The van der Waals surface area contributed by atoms with E-state index in [1.54, 1.807) is 6.08 Å². The number of benzene rings is 1. The van der Waals surface area contributed by atoms with E-state index in [1.807, 2.05) is 25.1 Å². The monoisotopic (exact) mass is 330 g/mol. The summed E-state index contributed by atoms with van der Waals surface area (Å²) in [5, 5.41) is 5.64. The maximum atomic E-state index is 12.5. The van der Waals surface area contributed by atoms with Gasteiger partial charge in [-0.1, -0.05) is 0 Å². The molecule has 0 unspecified atom stereocenters. The smallest absolute Gasteiger partial charge is 0.251 e. The second kappa shape index (κ2) is 7.38. The summed E-state index contributed by atoms with van der Waals surface area (Å²) in [6, 6.07) is 5.06. The van der Waals surface area contributed by atoms with Crippen LogP contribution in [0.3, 0.4) is 0 Å². The molecule has 6 heteroatoms. The molecule has 0 aromatic heterocycles. The number of fused-ring (bicyclic) bond motifs is 1. The van der Waals surface area contributed by atoms with E-state index < -0.39 is 6.04 Å². The summed E-state index contributed by atoms with van der Waals surface area (Å²) in [7, 11) is 0. The zero-order valence-corrected chi connectivity index (χ0v) is 13.8. The van der Waals surface area contributed by atoms with Crippen LogP contribution in [0.4, 0.5) is 0 Å². The van der Waals surface area contributed by atoms with E-state index in [2.05, 4.69) is 10.6 Å². The van der Waals surface area contributed by atoms with Crippen LogP contribution in [0.25, 0.3) is 6.08 Å². The van der Waals surface area contributed by atoms with Gasteiger partial charge in [0.25, 0.3) is 5.91 Å². The lowest BCUT2D eigenvalue weighted by atomic mass is 10.1. The Labute approximate surface area is 141 Å². The van der Waals surface area contributed by atoms with Gasteiger partial charge in [-0.2, -0.15) is 0 Å². The second-order valence-corrected chi connectivity index (χ2v) is 5.90. The van der Waals surface area contributed by atoms with Crippen molar-refractivity contribution in [2.75, 3.05) is 19.8 Å². The van der Waals surface area contributed by atoms with Gasteiger partial charge in [0.05, 0.1) is 12.2 Å². The van der Waals surface area contributed by atoms with Crippen molar-refractivity contribution in [3.63, 3.8) is 0 Å². The molecule has 0 bridgehead atoms. The Morgan fingerprint density at radius 1 is 1.42 bits per heavy atom. The third-order valence-electron chi connectivity index (χ3n) is 4.14. The Morgan fingerprint density at radius 3 is 3.12 bits per heavy atom. The largest absolute Gasteiger partial charge is 0.494 e. The van der Waals surface area contributed by atoms with Crippen LogP contribution in [-0.4, -0.2) is 37.6 Å². The Hall–Kier alpha value is -2.50. The number of rotatable bonds is 4. The molecule has 2 N–H and O–H groups in total. The van der Waals surface area contributed by atoms with Crippen molar-refractivity contribution >= 4 is 17.9 Å². The quantitative estimate of drug-likeness (QED) is 0.880. The predicted molar refractivity (Wildman–Crippen MR) is 89.9 cm³/mol. The van der Waals surface area contributed by atoms with Crippen LogP contribution in [0.2, 0.25) is 0 Å². The summed E-state index contributed by atoms with van der Waals surface area (Å²) < 4.78 is 11.1. The van der Waals surface area contributed by atoms with Crippen molar-refractivity contribution in [1.29, 1.82) is 0 Å². The van der Waals surface area contributed by atoms with Crippen molar-refractivity contribution in [2.45, 2.75) is 32.2 Å². The Balaban J connectivity index is 1.73. The third-order valence-corrected chi connectivity index (χ3v) is 4.14. The third kappa shape index (κ3) is 3.69. The summed E-state index contributed by atoms with van der Waals surface area (Å²) in [5.74, 6) is 1.09. The SMILES string of the molecule is CCOc1ccc2c(c1)C=C(C(=O)N[C@H]1CCCCNC1=O)CO2. The van der Waals surface area contributed by atoms with Gasteiger partial charge < -0.3 is 20.1 Å². The van der Waals surface area contributed by atoms with Gasteiger partial charge in [0.1, 0.15) is 24.1 Å². The zero-order chi connectivity index (χ0) is 16.9. The first-order valence-corrected chi connectivity index (χ1v) is 8.36. The molecule has 2 heterocycles. The number of carbonyl (C=O) groups excluding carboxylic acids is 2. The van der Waals surface area contributed by atoms with Crippen molar-refractivity contribution in [3.8, 4) is 11.5 Å². The number of nitrogens with one attached hydrogen (secondary N) is 2. The van der Waals surface area contributed by atoms with Crippen LogP contribution in [0.15, 0.2) is 23.8 Å². The number of hydrogen-bond donors (Lipinski definition) is 2. The van der Waals surface area contributed by atoms with Crippen LogP contribution in [0.5, 0.6) is 11.5 Å². The molecular weight excluding hydrogens is 308 g/mol. The minimum Gasteiger partial charge on any atom is -0.494 e. The second-order valence-electron chi connectivity index (χ2n) is 5.90. The van der Waals surface area contributed by atoms with Crippen molar-refractivity contribution in [2.24, 2.45) is 0 Å². The molecule has 0 spiro atoms. The van der Waals surface area contributed by atoms with Crippen LogP contribution in [-0.2, 0) is 9.59 Å². The number of ether oxygens (including phenoxy) is 2. The number of amides is 2. The van der Waals surface area contributed by atoms with Gasteiger partial charge >= 0.3 is 0 Å². The van der Waals surface area contributed by atoms with Crippen molar-refractivity contribution in [1.82, 2.24) is 10.6 Å². The first-order valence-electron chi connectivity index (χ1n) is 8.36. The molecule has 6 nitrogen and oxygen atoms in total. The topological polar surface area (TPSA) is 76.7 Å². The molecular formula is C18H22N2O4. The number of carbonyl (C=O) groups is 2. The minimum atomic E-state index is -0.475. The lowest BCUT2D eigenvalue weighted by Gasteiger charge is -2.20. The van der Waals surface area contributed by atoms with Crippen LogP contribution < -0.4 is 20.1 Å². The van der Waals surface area contributed by atoms with E-state index in [-0.39, 0.29) is 18.4 Å². The predicted octanol–water partition coefficient (Wildman–Crippen LogP) is 1.65. The molecule has 3 rings (SSSR count). The molecule has 1 fully saturated rings. The molecule has 1 saturated heterocycles. The lowest BCUT2D eigenvalue weighted by Crippen LogP contribution is -2.46. The lowest BCUT2D eigenvalue weighted by molar-refractivity contribution is -0.127. The average molecular weight is 330 g/mol. The van der Waals surface area contributed by atoms with Crippen molar-refractivity contribution in [3.05, 3.63) is 29.3 Å². The summed E-state index contributed by atoms with van der Waals surface area (Å²) in [6.07, 6.45) is 4.32. The fourth-order valence-corrected chi connectivity index (χ4v) is 2.87. The maximum absolute atomic E-state index is 12.5. The van der Waals surface area contributed by atoms with Gasteiger partial charge in [-0.15, -0.1) is 0 Å². The van der Waals surface area contributed by atoms with E-state index in [1.165, 1.54) is 0 Å². The van der Waals surface area contributed by atoms with Gasteiger partial charge in [0.2, 0.25) is 5.91 Å². The molecule has 0 aliphatic carbocycles. The Morgan fingerprint density at radius 2 is 2.29 bits per heavy atom. The van der Waals surface area contributed by atoms with Gasteiger partial charge in [0.15, 0.2) is 0 Å². The molecule has 1 aromatic carbocycles. The first kappa shape index (κ1) is 16.4. The Bertz CT molecular complexity index is 669. The molecule has 1 atom stereocenters. The normalized spacial score (nSPS) is 20.0. The first-order chi connectivity index (χ1) is 11.7. The highest BCUT2D eigenvalue weighted by atomic mass is 16.5. The van der Waals surface area contributed by atoms with Crippen LogP contribution >= 0.6 is 0 Å². The van der Waals surface area contributed by atoms with E-state index in [4.69, 9.17) is 9.47 Å². The van der Waals surface area contributed by atoms with Gasteiger partial charge in [-0.25, -0.2) is 0 Å². The summed E-state index contributed by atoms with van der Waals surface area (Å²) in [4.78, 5) is 24.4. The molecule has 128 valence electrons. The molecule has 0 saturated carbocycles. The number of hydrogen-bond acceptors (Lipinski definition) is 4. The minimum absolute atomic E-state index is 0.114. The molecule has 2 aliphatic heterocycles. The molecule has 0 radical (unpaired) electrons. The molecule has 2 aliphatic rings. The Kier molecular flexibility index (Phi) is 5.03. The van der Waals surface area contributed by atoms with Crippen LogP contribution in [0, 0.1) is 0 Å². The highest BCUT2D eigenvalue weighted by molar-refractivity contribution is 6.01. The van der Waals surface area contributed by atoms with E-state index in [0.29, 0.717) is 25.1 Å². The van der Waals surface area contributed by atoms with E-state index >= 15 is 0 Å². The molecule has 24 heavy (non-hydrogen) atoms. The van der Waals surface area contributed by atoms with E-state index in [9.17, 15) is 9.59 Å². The average Bonchev–Trinajstić information content (AvgIpc) is 2.79. The van der Waals surface area contributed by atoms with Gasteiger partial charge in [-0.3, -0.25) is 9.59 Å². The fourth-order valence-electron chi connectivity index (χ4n) is 2.87. The summed E-state index contributed by atoms with van der Waals surface area (Å²) in [5.41, 5.74) is 1.32. The maximum Gasteiger partial charge on any atom is 0.251 e. The fraction of sp³-hybridized carbons (Fsp3) is 0.444. The molecule has 1 aromatic rings. The summed E-state index contributed by atoms with van der Waals surface area (Å²) in [6.45, 7) is 3.36. The summed E-state index contributed by atoms with van der Waals surface area (Å²) >= 11 is 0. The zero-order valence-electron chi connectivity index (χ0n) is 13.8. The molecule has 2 amide bonds. The van der Waals surface area contributed by atoms with Gasteiger partial charge in [-0.05, 0) is 50.5 Å². The highest BCUT2D eigenvalue weighted by Crippen LogP contribution is 2.30. The standard InChI is InChI=1S/C18H22N2O4/c1-2-23-14-6-7-16-12(10-14)9-13(11-24-16)17(21)20-15-5-3-4-8-19-18(15)22/h6-7,9-10,15H,2-5,8,11H2,1H3,(H,19,22)(H,20,21)/t15-/m0/s1. The van der Waals surface area contributed by atoms with E-state index in [0.717, 1.165) is 29.9 Å². The van der Waals surface area contributed by atoms with Gasteiger partial charge in [0, 0.05) is 12.1 Å². The van der Waals surface area contributed by atoms with Crippen molar-refractivity contribution < 1.29 is 19.1 Å². The van der Waals surface area contributed by atoms with Crippen LogP contribution in [0.1, 0.15) is 31.7 Å². The highest BCUT2D eigenvalue weighted by Gasteiger charge is 2.25.